The lowest BCUT2D eigenvalue weighted by molar-refractivity contribution is 0.167. The number of aliphatic hydroxyl groups excluding tert-OH is 1. The maximum atomic E-state index is 11.3. The Bertz CT molecular complexity index is 528. The van der Waals surface area contributed by atoms with Gasteiger partial charge in [-0.15, -0.1) is 0 Å². The van der Waals surface area contributed by atoms with Crippen molar-refractivity contribution in [2.75, 3.05) is 24.6 Å². The molecule has 1 saturated heterocycles. The maximum absolute atomic E-state index is 11.3. The van der Waals surface area contributed by atoms with Crippen LogP contribution in [0.5, 0.6) is 0 Å². The number of aliphatic hydroxyl groups is 1. The van der Waals surface area contributed by atoms with Crippen molar-refractivity contribution in [2.24, 2.45) is 4.99 Å². The Morgan fingerprint density at radius 2 is 2.05 bits per heavy atom. The van der Waals surface area contributed by atoms with E-state index in [1.54, 1.807) is 6.21 Å². The molecule has 1 aliphatic heterocycles. The van der Waals surface area contributed by atoms with E-state index in [1.165, 1.54) is 0 Å². The Morgan fingerprint density at radius 1 is 1.32 bits per heavy atom. The Balaban J connectivity index is 1.72. The fourth-order valence-corrected chi connectivity index (χ4v) is 3.82. The number of sulfone groups is 1. The summed E-state index contributed by atoms with van der Waals surface area (Å²) in [5, 5.41) is 12.6. The predicted octanol–water partition coefficient (Wildman–Crippen LogP) is -0.147. The van der Waals surface area contributed by atoms with Gasteiger partial charge < -0.3 is 10.4 Å². The van der Waals surface area contributed by atoms with E-state index in [0.29, 0.717) is 13.1 Å². The zero-order chi connectivity index (χ0) is 13.7. The zero-order valence-corrected chi connectivity index (χ0v) is 11.4. The van der Waals surface area contributed by atoms with Gasteiger partial charge in [-0.05, 0) is 5.56 Å². The summed E-state index contributed by atoms with van der Waals surface area (Å²) >= 11 is 0. The molecule has 0 radical (unpaired) electrons. The minimum atomic E-state index is -3.08. The van der Waals surface area contributed by atoms with E-state index < -0.39 is 15.9 Å². The van der Waals surface area contributed by atoms with Gasteiger partial charge in [-0.3, -0.25) is 4.99 Å². The van der Waals surface area contributed by atoms with Crippen LogP contribution in [0.3, 0.4) is 0 Å². The maximum Gasteiger partial charge on any atom is 0.154 e. The lowest BCUT2D eigenvalue weighted by atomic mass is 10.2. The molecule has 1 aromatic rings. The third kappa shape index (κ3) is 4.41. The van der Waals surface area contributed by atoms with Crippen LogP contribution < -0.4 is 5.32 Å². The van der Waals surface area contributed by atoms with Crippen molar-refractivity contribution in [3.8, 4) is 0 Å². The van der Waals surface area contributed by atoms with Crippen LogP contribution in [0.25, 0.3) is 0 Å². The number of hydrogen-bond acceptors (Lipinski definition) is 5. The van der Waals surface area contributed by atoms with Gasteiger partial charge in [0.2, 0.25) is 0 Å². The SMILES string of the molecule is O=S1(=O)CC(O)C(NCCN=Cc2ccccc2)C1. The van der Waals surface area contributed by atoms with Gasteiger partial charge in [0.05, 0.1) is 24.2 Å². The first-order chi connectivity index (χ1) is 9.07. The van der Waals surface area contributed by atoms with E-state index in [4.69, 9.17) is 0 Å². The van der Waals surface area contributed by atoms with Crippen molar-refractivity contribution in [3.63, 3.8) is 0 Å². The topological polar surface area (TPSA) is 78.8 Å². The summed E-state index contributed by atoms with van der Waals surface area (Å²) in [5.74, 6) is -0.130. The summed E-state index contributed by atoms with van der Waals surface area (Å²) in [4.78, 5) is 4.25. The molecule has 6 heteroatoms. The summed E-state index contributed by atoms with van der Waals surface area (Å²) in [7, 11) is -3.08. The molecule has 0 bridgehead atoms. The quantitative estimate of drug-likeness (QED) is 0.582. The van der Waals surface area contributed by atoms with Gasteiger partial charge in [-0.25, -0.2) is 8.42 Å². The molecule has 1 aliphatic rings. The normalized spacial score (nSPS) is 25.9. The van der Waals surface area contributed by atoms with Crippen molar-refractivity contribution < 1.29 is 13.5 Å². The molecule has 0 spiro atoms. The first-order valence-corrected chi connectivity index (χ1v) is 8.06. The highest BCUT2D eigenvalue weighted by Crippen LogP contribution is 2.11. The van der Waals surface area contributed by atoms with Crippen molar-refractivity contribution in [1.82, 2.24) is 5.32 Å². The van der Waals surface area contributed by atoms with Crippen LogP contribution in [0.4, 0.5) is 0 Å². The molecule has 5 nitrogen and oxygen atoms in total. The van der Waals surface area contributed by atoms with E-state index in [0.717, 1.165) is 5.56 Å². The third-order valence-corrected chi connectivity index (χ3v) is 4.73. The van der Waals surface area contributed by atoms with Gasteiger partial charge >= 0.3 is 0 Å². The molecule has 19 heavy (non-hydrogen) atoms. The molecule has 0 amide bonds. The monoisotopic (exact) mass is 282 g/mol. The van der Waals surface area contributed by atoms with E-state index in [-0.39, 0.29) is 17.5 Å². The highest BCUT2D eigenvalue weighted by molar-refractivity contribution is 7.91. The number of nitrogens with zero attached hydrogens (tertiary/aromatic N) is 1. The second-order valence-electron chi connectivity index (χ2n) is 4.65. The van der Waals surface area contributed by atoms with Crippen molar-refractivity contribution in [1.29, 1.82) is 0 Å². The molecule has 0 saturated carbocycles. The van der Waals surface area contributed by atoms with Crippen LogP contribution >= 0.6 is 0 Å². The van der Waals surface area contributed by atoms with E-state index >= 15 is 0 Å². The Hall–Kier alpha value is -1.24. The summed E-state index contributed by atoms with van der Waals surface area (Å²) in [6.07, 6.45) is 0.979. The highest BCUT2D eigenvalue weighted by atomic mass is 32.2. The average Bonchev–Trinajstić information content (AvgIpc) is 2.63. The summed E-state index contributed by atoms with van der Waals surface area (Å²) in [5.41, 5.74) is 1.03. The molecule has 2 N–H and O–H groups in total. The first-order valence-electron chi connectivity index (χ1n) is 6.23. The molecule has 2 rings (SSSR count). The zero-order valence-electron chi connectivity index (χ0n) is 10.6. The molecule has 1 heterocycles. The Labute approximate surface area is 113 Å². The minimum Gasteiger partial charge on any atom is -0.390 e. The van der Waals surface area contributed by atoms with Crippen LogP contribution in [0, 0.1) is 0 Å². The Kier molecular flexibility index (Phi) is 4.68. The first kappa shape index (κ1) is 14.2. The molecular formula is C13H18N2O3S. The standard InChI is InChI=1S/C13H18N2O3S/c16-13-10-19(17,18)9-12(13)15-7-6-14-8-11-4-2-1-3-5-11/h1-5,8,12-13,15-16H,6-7,9-10H2. The summed E-state index contributed by atoms with van der Waals surface area (Å²) in [6, 6.07) is 9.39. The largest absolute Gasteiger partial charge is 0.390 e. The van der Waals surface area contributed by atoms with Crippen LogP contribution in [-0.4, -0.2) is 56.5 Å². The van der Waals surface area contributed by atoms with Crippen LogP contribution in [-0.2, 0) is 9.84 Å². The third-order valence-electron chi connectivity index (χ3n) is 3.01. The second-order valence-corrected chi connectivity index (χ2v) is 6.80. The van der Waals surface area contributed by atoms with E-state index in [9.17, 15) is 13.5 Å². The fraction of sp³-hybridized carbons (Fsp3) is 0.462. The molecule has 2 atom stereocenters. The number of hydrogen-bond donors (Lipinski definition) is 2. The summed E-state index contributed by atoms with van der Waals surface area (Å²) < 4.78 is 22.6. The molecule has 2 unspecified atom stereocenters. The second kappa shape index (κ2) is 6.27. The lowest BCUT2D eigenvalue weighted by Gasteiger charge is -2.13. The number of nitrogens with one attached hydrogen (secondary N) is 1. The molecule has 1 fully saturated rings. The average molecular weight is 282 g/mol. The molecular weight excluding hydrogens is 264 g/mol. The van der Waals surface area contributed by atoms with Crippen molar-refractivity contribution >= 4 is 16.1 Å². The van der Waals surface area contributed by atoms with Crippen molar-refractivity contribution in [2.45, 2.75) is 12.1 Å². The highest BCUT2D eigenvalue weighted by Gasteiger charge is 2.35. The smallest absolute Gasteiger partial charge is 0.154 e. The van der Waals surface area contributed by atoms with Gasteiger partial charge in [0.15, 0.2) is 9.84 Å². The predicted molar refractivity (Wildman–Crippen MR) is 75.4 cm³/mol. The van der Waals surface area contributed by atoms with Crippen LogP contribution in [0.2, 0.25) is 0 Å². The number of aliphatic imine (C=N–C) groups is 1. The molecule has 104 valence electrons. The molecule has 0 aliphatic carbocycles. The van der Waals surface area contributed by atoms with Gasteiger partial charge in [-0.1, -0.05) is 30.3 Å². The van der Waals surface area contributed by atoms with Crippen LogP contribution in [0.1, 0.15) is 5.56 Å². The number of rotatable bonds is 5. The van der Waals surface area contributed by atoms with Gasteiger partial charge in [0.25, 0.3) is 0 Å². The van der Waals surface area contributed by atoms with Crippen LogP contribution in [0.15, 0.2) is 35.3 Å². The lowest BCUT2D eigenvalue weighted by Crippen LogP contribution is -2.40. The van der Waals surface area contributed by atoms with Gasteiger partial charge in [0.1, 0.15) is 0 Å². The van der Waals surface area contributed by atoms with E-state index in [2.05, 4.69) is 10.3 Å². The Morgan fingerprint density at radius 3 is 2.68 bits per heavy atom. The van der Waals surface area contributed by atoms with Gasteiger partial charge in [0, 0.05) is 18.8 Å². The van der Waals surface area contributed by atoms with E-state index in [1.807, 2.05) is 30.3 Å². The summed E-state index contributed by atoms with van der Waals surface area (Å²) in [6.45, 7) is 1.11. The van der Waals surface area contributed by atoms with Crippen molar-refractivity contribution in [3.05, 3.63) is 35.9 Å². The fourth-order valence-electron chi connectivity index (χ4n) is 2.05. The molecule has 0 aromatic heterocycles. The minimum absolute atomic E-state index is 0.0105. The van der Waals surface area contributed by atoms with Gasteiger partial charge in [-0.2, -0.15) is 0 Å². The number of benzene rings is 1. The molecule has 1 aromatic carbocycles.